The summed E-state index contributed by atoms with van der Waals surface area (Å²) < 4.78 is 31.4. The van der Waals surface area contributed by atoms with Gasteiger partial charge in [-0.2, -0.15) is 4.31 Å². The van der Waals surface area contributed by atoms with Gasteiger partial charge in [-0.3, -0.25) is 0 Å². The van der Waals surface area contributed by atoms with Crippen LogP contribution in [0.5, 0.6) is 0 Å². The topological polar surface area (TPSA) is 75.4 Å². The van der Waals surface area contributed by atoms with Crippen molar-refractivity contribution in [2.45, 2.75) is 44.0 Å². The van der Waals surface area contributed by atoms with E-state index in [0.29, 0.717) is 36.6 Å². The highest BCUT2D eigenvalue weighted by Gasteiger charge is 2.34. The summed E-state index contributed by atoms with van der Waals surface area (Å²) in [6.45, 7) is 2.95. The molecular formula is C12H19N3O3S. The van der Waals surface area contributed by atoms with Crippen molar-refractivity contribution >= 4 is 10.0 Å². The lowest BCUT2D eigenvalue weighted by atomic mass is 10.1. The molecule has 0 aromatic carbocycles. The number of aromatic nitrogens is 1. The van der Waals surface area contributed by atoms with E-state index in [1.165, 1.54) is 6.42 Å². The van der Waals surface area contributed by atoms with Crippen LogP contribution in [-0.4, -0.2) is 43.1 Å². The van der Waals surface area contributed by atoms with Gasteiger partial charge in [0.25, 0.3) is 0 Å². The van der Waals surface area contributed by atoms with Gasteiger partial charge in [-0.15, -0.1) is 0 Å². The number of sulfonamides is 1. The van der Waals surface area contributed by atoms with Gasteiger partial charge in [0, 0.05) is 31.2 Å². The standard InChI is InChI=1S/C12H19N3O3S/c1-9-6-12(14-18-9)8-19(16,17)15-5-4-10-2-3-11(7-15)13-10/h6,10-11,13H,2-5,7-8H2,1H3. The molecule has 2 atom stereocenters. The molecule has 0 aliphatic carbocycles. The number of hydrogen-bond acceptors (Lipinski definition) is 5. The fourth-order valence-corrected chi connectivity index (χ4v) is 4.41. The summed E-state index contributed by atoms with van der Waals surface area (Å²) in [5.41, 5.74) is 0.486. The minimum atomic E-state index is -3.30. The van der Waals surface area contributed by atoms with E-state index >= 15 is 0 Å². The number of hydrogen-bond donors (Lipinski definition) is 1. The molecule has 2 saturated heterocycles. The minimum absolute atomic E-state index is 0.0677. The van der Waals surface area contributed by atoms with Crippen molar-refractivity contribution in [2.24, 2.45) is 0 Å². The monoisotopic (exact) mass is 285 g/mol. The van der Waals surface area contributed by atoms with Crippen molar-refractivity contribution in [3.05, 3.63) is 17.5 Å². The second-order valence-electron chi connectivity index (χ2n) is 5.47. The molecule has 1 aromatic rings. The summed E-state index contributed by atoms with van der Waals surface area (Å²) in [4.78, 5) is 0. The van der Waals surface area contributed by atoms with Gasteiger partial charge in [-0.05, 0) is 26.2 Å². The predicted octanol–water partition coefficient (Wildman–Crippen LogP) is 0.639. The molecule has 3 rings (SSSR count). The third kappa shape index (κ3) is 2.82. The fraction of sp³-hybridized carbons (Fsp3) is 0.750. The highest BCUT2D eigenvalue weighted by Crippen LogP contribution is 2.23. The molecule has 1 N–H and O–H groups in total. The SMILES string of the molecule is Cc1cc(CS(=O)(=O)N2CCC3CCC(C2)N3)no1. The van der Waals surface area contributed by atoms with Crippen LogP contribution in [0.3, 0.4) is 0 Å². The minimum Gasteiger partial charge on any atom is -0.361 e. The summed E-state index contributed by atoms with van der Waals surface area (Å²) in [5, 5.41) is 7.25. The lowest BCUT2D eigenvalue weighted by Gasteiger charge is -2.23. The van der Waals surface area contributed by atoms with E-state index in [1.807, 2.05) is 0 Å². The van der Waals surface area contributed by atoms with Crippen LogP contribution < -0.4 is 5.32 Å². The average molecular weight is 285 g/mol. The molecule has 19 heavy (non-hydrogen) atoms. The van der Waals surface area contributed by atoms with Gasteiger partial charge in [0.1, 0.15) is 17.2 Å². The Balaban J connectivity index is 1.73. The summed E-state index contributed by atoms with van der Waals surface area (Å²) in [5.74, 6) is 0.573. The molecular weight excluding hydrogens is 266 g/mol. The average Bonchev–Trinajstić information content (AvgIpc) is 2.84. The predicted molar refractivity (Wildman–Crippen MR) is 70.0 cm³/mol. The quantitative estimate of drug-likeness (QED) is 0.882. The molecule has 3 heterocycles. The molecule has 2 unspecified atom stereocenters. The molecule has 7 heteroatoms. The first-order valence-corrected chi connectivity index (χ1v) is 8.30. The van der Waals surface area contributed by atoms with Gasteiger partial charge in [0.2, 0.25) is 10.0 Å². The van der Waals surface area contributed by atoms with Gasteiger partial charge < -0.3 is 9.84 Å². The number of nitrogens with zero attached hydrogens (tertiary/aromatic N) is 2. The third-order valence-electron chi connectivity index (χ3n) is 3.89. The Kier molecular flexibility index (Phi) is 3.36. The zero-order valence-corrected chi connectivity index (χ0v) is 11.8. The van der Waals surface area contributed by atoms with E-state index in [1.54, 1.807) is 17.3 Å². The van der Waals surface area contributed by atoms with Crippen LogP contribution in [0.15, 0.2) is 10.6 Å². The number of rotatable bonds is 3. The van der Waals surface area contributed by atoms with E-state index in [4.69, 9.17) is 4.52 Å². The maximum absolute atomic E-state index is 12.4. The van der Waals surface area contributed by atoms with Crippen LogP contribution in [0, 0.1) is 6.92 Å². The summed E-state index contributed by atoms with van der Waals surface area (Å²) in [7, 11) is -3.30. The first kappa shape index (κ1) is 13.1. The first-order valence-electron chi connectivity index (χ1n) is 6.69. The highest BCUT2D eigenvalue weighted by atomic mass is 32.2. The highest BCUT2D eigenvalue weighted by molar-refractivity contribution is 7.88. The molecule has 2 bridgehead atoms. The summed E-state index contributed by atoms with van der Waals surface area (Å²) in [6, 6.07) is 2.47. The second kappa shape index (κ2) is 4.88. The van der Waals surface area contributed by atoms with Crippen molar-refractivity contribution in [1.82, 2.24) is 14.8 Å². The Morgan fingerprint density at radius 2 is 2.21 bits per heavy atom. The molecule has 0 saturated carbocycles. The van der Waals surface area contributed by atoms with Crippen LogP contribution in [0.1, 0.15) is 30.7 Å². The Morgan fingerprint density at radius 1 is 1.42 bits per heavy atom. The molecule has 6 nitrogen and oxygen atoms in total. The van der Waals surface area contributed by atoms with Gasteiger partial charge >= 0.3 is 0 Å². The van der Waals surface area contributed by atoms with Crippen LogP contribution >= 0.6 is 0 Å². The zero-order valence-electron chi connectivity index (χ0n) is 11.0. The zero-order chi connectivity index (χ0) is 13.5. The number of fused-ring (bicyclic) bond motifs is 2. The largest absolute Gasteiger partial charge is 0.361 e. The molecule has 106 valence electrons. The van der Waals surface area contributed by atoms with Gasteiger partial charge in [0.05, 0.1) is 0 Å². The summed E-state index contributed by atoms with van der Waals surface area (Å²) >= 11 is 0. The number of aryl methyl sites for hydroxylation is 1. The van der Waals surface area contributed by atoms with Crippen molar-refractivity contribution in [2.75, 3.05) is 13.1 Å². The van der Waals surface area contributed by atoms with E-state index in [2.05, 4.69) is 10.5 Å². The lowest BCUT2D eigenvalue weighted by molar-refractivity contribution is 0.377. The smallest absolute Gasteiger partial charge is 0.220 e. The molecule has 2 aliphatic rings. The number of nitrogens with one attached hydrogen (secondary N) is 1. The van der Waals surface area contributed by atoms with E-state index < -0.39 is 10.0 Å². The van der Waals surface area contributed by atoms with Crippen LogP contribution in [0.2, 0.25) is 0 Å². The molecule has 0 spiro atoms. The van der Waals surface area contributed by atoms with Crippen LogP contribution in [-0.2, 0) is 15.8 Å². The van der Waals surface area contributed by atoms with Crippen molar-refractivity contribution in [3.63, 3.8) is 0 Å². The maximum Gasteiger partial charge on any atom is 0.220 e. The maximum atomic E-state index is 12.4. The van der Waals surface area contributed by atoms with E-state index in [-0.39, 0.29) is 5.75 Å². The molecule has 2 aliphatic heterocycles. The van der Waals surface area contributed by atoms with Crippen molar-refractivity contribution in [3.8, 4) is 0 Å². The Bertz CT molecular complexity index is 554. The third-order valence-corrected chi connectivity index (χ3v) is 5.67. The second-order valence-corrected chi connectivity index (χ2v) is 7.44. The molecule has 0 amide bonds. The van der Waals surface area contributed by atoms with Gasteiger partial charge in [-0.1, -0.05) is 5.16 Å². The van der Waals surface area contributed by atoms with Crippen LogP contribution in [0.25, 0.3) is 0 Å². The van der Waals surface area contributed by atoms with Gasteiger partial charge in [-0.25, -0.2) is 8.42 Å². The first-order chi connectivity index (χ1) is 9.03. The fourth-order valence-electron chi connectivity index (χ4n) is 2.93. The van der Waals surface area contributed by atoms with Crippen molar-refractivity contribution < 1.29 is 12.9 Å². The Hall–Kier alpha value is -0.920. The lowest BCUT2D eigenvalue weighted by Crippen LogP contribution is -2.39. The Morgan fingerprint density at radius 3 is 2.95 bits per heavy atom. The van der Waals surface area contributed by atoms with E-state index in [9.17, 15) is 8.42 Å². The normalized spacial score (nSPS) is 28.5. The van der Waals surface area contributed by atoms with Crippen LogP contribution in [0.4, 0.5) is 0 Å². The molecule has 0 radical (unpaired) electrons. The van der Waals surface area contributed by atoms with E-state index in [0.717, 1.165) is 12.8 Å². The molecule has 2 fully saturated rings. The summed E-state index contributed by atoms with van der Waals surface area (Å²) in [6.07, 6.45) is 3.13. The van der Waals surface area contributed by atoms with Crippen molar-refractivity contribution in [1.29, 1.82) is 0 Å². The Labute approximate surface area is 113 Å². The molecule has 1 aromatic heterocycles. The van der Waals surface area contributed by atoms with Gasteiger partial charge in [0.15, 0.2) is 0 Å².